The first-order valence-corrected chi connectivity index (χ1v) is 9.09. The molecule has 1 N–H and O–H groups in total. The first-order valence-electron chi connectivity index (χ1n) is 8.72. The second-order valence-corrected chi connectivity index (χ2v) is 6.44. The molecule has 1 heterocycles. The fourth-order valence-electron chi connectivity index (χ4n) is 2.76. The number of pyridine rings is 1. The minimum atomic E-state index is -0.647. The van der Waals surface area contributed by atoms with Crippen molar-refractivity contribution in [3.8, 4) is 11.5 Å². The van der Waals surface area contributed by atoms with Crippen LogP contribution in [-0.2, 0) is 16.1 Å². The van der Waals surface area contributed by atoms with Gasteiger partial charge in [0.25, 0.3) is 5.91 Å². The Balaban J connectivity index is 1.59. The molecule has 7 nitrogen and oxygen atoms in total. The number of esters is 1. The summed E-state index contributed by atoms with van der Waals surface area (Å²) in [5.41, 5.74) is 1.65. The molecule has 0 fully saturated rings. The summed E-state index contributed by atoms with van der Waals surface area (Å²) in [5.74, 6) is 0.0798. The number of halogens is 1. The largest absolute Gasteiger partial charge is 0.493 e. The number of nitrogens with zero attached hydrogens (tertiary/aromatic N) is 1. The van der Waals surface area contributed by atoms with Gasteiger partial charge in [0.1, 0.15) is 5.15 Å². The lowest BCUT2D eigenvalue weighted by Gasteiger charge is -2.11. The molecule has 0 aliphatic heterocycles. The van der Waals surface area contributed by atoms with E-state index in [1.54, 1.807) is 49.6 Å². The third kappa shape index (κ3) is 4.94. The molecule has 0 saturated carbocycles. The van der Waals surface area contributed by atoms with Gasteiger partial charge < -0.3 is 19.5 Å². The Bertz CT molecular complexity index is 1050. The summed E-state index contributed by atoms with van der Waals surface area (Å²) in [7, 11) is 3.08. The number of carbonyl (C=O) groups is 2. The lowest BCUT2D eigenvalue weighted by Crippen LogP contribution is -2.28. The Morgan fingerprint density at radius 1 is 1.03 bits per heavy atom. The number of fused-ring (bicyclic) bond motifs is 1. The molecule has 0 saturated heterocycles. The highest BCUT2D eigenvalue weighted by Crippen LogP contribution is 2.27. The third-order valence-corrected chi connectivity index (χ3v) is 4.37. The van der Waals surface area contributed by atoms with Gasteiger partial charge in [-0.3, -0.25) is 4.79 Å². The van der Waals surface area contributed by atoms with Crippen molar-refractivity contribution in [1.82, 2.24) is 10.3 Å². The molecule has 1 amide bonds. The van der Waals surface area contributed by atoms with Crippen LogP contribution in [0.5, 0.6) is 11.5 Å². The van der Waals surface area contributed by atoms with Gasteiger partial charge in [0, 0.05) is 11.9 Å². The zero-order valence-corrected chi connectivity index (χ0v) is 16.7. The van der Waals surface area contributed by atoms with Crippen LogP contribution >= 0.6 is 11.6 Å². The normalized spacial score (nSPS) is 10.4. The molecule has 0 atom stereocenters. The summed E-state index contributed by atoms with van der Waals surface area (Å²) in [6, 6.07) is 13.8. The number of hydrogen-bond acceptors (Lipinski definition) is 6. The average molecular weight is 415 g/mol. The van der Waals surface area contributed by atoms with E-state index < -0.39 is 18.5 Å². The van der Waals surface area contributed by atoms with Gasteiger partial charge >= 0.3 is 5.97 Å². The Hall–Kier alpha value is -3.32. The molecule has 0 aliphatic rings. The van der Waals surface area contributed by atoms with Crippen molar-refractivity contribution < 1.29 is 23.8 Å². The quantitative estimate of drug-likeness (QED) is 0.471. The van der Waals surface area contributed by atoms with Crippen molar-refractivity contribution in [3.63, 3.8) is 0 Å². The number of carbonyl (C=O) groups excluding carboxylic acids is 2. The molecule has 0 unspecified atom stereocenters. The molecule has 29 heavy (non-hydrogen) atoms. The number of hydrogen-bond donors (Lipinski definition) is 1. The van der Waals surface area contributed by atoms with E-state index in [1.165, 1.54) is 13.2 Å². The van der Waals surface area contributed by atoms with Crippen molar-refractivity contribution in [3.05, 3.63) is 64.8 Å². The van der Waals surface area contributed by atoms with Crippen LogP contribution in [0.25, 0.3) is 10.9 Å². The predicted octanol–water partition coefficient (Wildman–Crippen LogP) is 3.38. The summed E-state index contributed by atoms with van der Waals surface area (Å²) in [5, 5.41) is 3.47. The van der Waals surface area contributed by atoms with Gasteiger partial charge in [-0.1, -0.05) is 35.9 Å². The Labute approximate surface area is 172 Å². The highest BCUT2D eigenvalue weighted by Gasteiger charge is 2.15. The highest BCUT2D eigenvalue weighted by molar-refractivity contribution is 6.30. The summed E-state index contributed by atoms with van der Waals surface area (Å²) in [6.07, 6.45) is 0. The topological polar surface area (TPSA) is 86.8 Å². The zero-order chi connectivity index (χ0) is 20.8. The molecule has 0 spiro atoms. The van der Waals surface area contributed by atoms with E-state index in [0.29, 0.717) is 22.4 Å². The molecule has 2 aromatic carbocycles. The summed E-state index contributed by atoms with van der Waals surface area (Å²) < 4.78 is 15.6. The Kier molecular flexibility index (Phi) is 6.51. The molecule has 8 heteroatoms. The van der Waals surface area contributed by atoms with Crippen molar-refractivity contribution in [2.45, 2.75) is 6.54 Å². The highest BCUT2D eigenvalue weighted by atomic mass is 35.5. The SMILES string of the molecule is COc1ccc(CNC(=O)COC(=O)c2cc(Cl)nc3ccccc23)cc1OC. The van der Waals surface area contributed by atoms with E-state index in [9.17, 15) is 9.59 Å². The molecule has 1 aromatic heterocycles. The monoisotopic (exact) mass is 414 g/mol. The van der Waals surface area contributed by atoms with Crippen LogP contribution in [-0.4, -0.2) is 37.7 Å². The maximum atomic E-state index is 12.4. The van der Waals surface area contributed by atoms with Gasteiger partial charge in [-0.15, -0.1) is 0 Å². The molecule has 150 valence electrons. The molecule has 0 aliphatic carbocycles. The van der Waals surface area contributed by atoms with E-state index in [4.69, 9.17) is 25.8 Å². The van der Waals surface area contributed by atoms with E-state index in [0.717, 1.165) is 5.56 Å². The maximum absolute atomic E-state index is 12.4. The van der Waals surface area contributed by atoms with E-state index in [2.05, 4.69) is 10.3 Å². The van der Waals surface area contributed by atoms with Gasteiger partial charge in [-0.2, -0.15) is 0 Å². The number of rotatable bonds is 7. The average Bonchev–Trinajstić information content (AvgIpc) is 2.75. The van der Waals surface area contributed by atoms with Crippen LogP contribution in [0.3, 0.4) is 0 Å². The second-order valence-electron chi connectivity index (χ2n) is 6.05. The van der Waals surface area contributed by atoms with Gasteiger partial charge in [0.05, 0.1) is 25.3 Å². The standard InChI is InChI=1S/C21H19ClN2O5/c1-27-17-8-7-13(9-18(17)28-2)11-23-20(25)12-29-21(26)15-10-19(22)24-16-6-4-3-5-14(15)16/h3-10H,11-12H2,1-2H3,(H,23,25). The number of amides is 1. The smallest absolute Gasteiger partial charge is 0.339 e. The van der Waals surface area contributed by atoms with Gasteiger partial charge in [0.15, 0.2) is 18.1 Å². The summed E-state index contributed by atoms with van der Waals surface area (Å²) in [4.78, 5) is 28.7. The number of nitrogens with one attached hydrogen (secondary N) is 1. The Morgan fingerprint density at radius 3 is 2.55 bits per heavy atom. The molecule has 3 rings (SSSR count). The minimum absolute atomic E-state index is 0.175. The fraction of sp³-hybridized carbons (Fsp3) is 0.190. The van der Waals surface area contributed by atoms with E-state index >= 15 is 0 Å². The van der Waals surface area contributed by atoms with Gasteiger partial charge in [0.2, 0.25) is 0 Å². The van der Waals surface area contributed by atoms with Crippen LogP contribution in [0.4, 0.5) is 0 Å². The molecule has 0 bridgehead atoms. The number of aromatic nitrogens is 1. The first-order chi connectivity index (χ1) is 14.0. The molecular formula is C21H19ClN2O5. The van der Waals surface area contributed by atoms with Crippen molar-refractivity contribution in [1.29, 1.82) is 0 Å². The third-order valence-electron chi connectivity index (χ3n) is 4.18. The molecule has 0 radical (unpaired) electrons. The number of ether oxygens (including phenoxy) is 3. The van der Waals surface area contributed by atoms with Crippen LogP contribution in [0.15, 0.2) is 48.5 Å². The zero-order valence-electron chi connectivity index (χ0n) is 15.9. The minimum Gasteiger partial charge on any atom is -0.493 e. The lowest BCUT2D eigenvalue weighted by molar-refractivity contribution is -0.124. The van der Waals surface area contributed by atoms with Crippen LogP contribution in [0, 0.1) is 0 Å². The van der Waals surface area contributed by atoms with Crippen molar-refractivity contribution >= 4 is 34.4 Å². The fourth-order valence-corrected chi connectivity index (χ4v) is 2.96. The number of para-hydroxylation sites is 1. The van der Waals surface area contributed by atoms with Crippen molar-refractivity contribution in [2.24, 2.45) is 0 Å². The summed E-state index contributed by atoms with van der Waals surface area (Å²) >= 11 is 5.98. The summed E-state index contributed by atoms with van der Waals surface area (Å²) in [6.45, 7) is -0.166. The van der Waals surface area contributed by atoms with Crippen LogP contribution in [0.1, 0.15) is 15.9 Å². The van der Waals surface area contributed by atoms with Crippen molar-refractivity contribution in [2.75, 3.05) is 20.8 Å². The van der Waals surface area contributed by atoms with Crippen LogP contribution < -0.4 is 14.8 Å². The molecular weight excluding hydrogens is 396 g/mol. The maximum Gasteiger partial charge on any atom is 0.339 e. The van der Waals surface area contributed by atoms with Gasteiger partial charge in [-0.25, -0.2) is 9.78 Å². The molecule has 3 aromatic rings. The van der Waals surface area contributed by atoms with E-state index in [1.807, 2.05) is 0 Å². The van der Waals surface area contributed by atoms with Gasteiger partial charge in [-0.05, 0) is 29.8 Å². The Morgan fingerprint density at radius 2 is 1.79 bits per heavy atom. The predicted molar refractivity (Wildman–Crippen MR) is 108 cm³/mol. The van der Waals surface area contributed by atoms with E-state index in [-0.39, 0.29) is 17.3 Å². The number of methoxy groups -OCH3 is 2. The van der Waals surface area contributed by atoms with Crippen LogP contribution in [0.2, 0.25) is 5.15 Å². The second kappa shape index (κ2) is 9.25. The lowest BCUT2D eigenvalue weighted by atomic mass is 10.1. The first kappa shape index (κ1) is 20.4. The number of benzene rings is 2.